The Balaban J connectivity index is 2.47. The Kier molecular flexibility index (Phi) is 5.00. The number of aromatic nitrogens is 1. The summed E-state index contributed by atoms with van der Waals surface area (Å²) in [4.78, 5) is 15.1. The van der Waals surface area contributed by atoms with Crippen LogP contribution in [0.2, 0.25) is 0 Å². The van der Waals surface area contributed by atoms with Crippen LogP contribution in [-0.2, 0) is 19.5 Å². The molecular weight excluding hydrogens is 250 g/mol. The number of hydrogen-bond donors (Lipinski definition) is 1. The molecule has 1 aliphatic rings. The van der Waals surface area contributed by atoms with Gasteiger partial charge >= 0.3 is 0 Å². The molecule has 0 spiro atoms. The monoisotopic (exact) mass is 277 g/mol. The lowest BCUT2D eigenvalue weighted by Gasteiger charge is -2.31. The molecule has 20 heavy (non-hydrogen) atoms. The van der Waals surface area contributed by atoms with Crippen LogP contribution in [0.3, 0.4) is 0 Å². The molecular formula is C16H27N3O. The summed E-state index contributed by atoms with van der Waals surface area (Å²) in [5, 5.41) is 3.28. The third-order valence-corrected chi connectivity index (χ3v) is 4.09. The minimum absolute atomic E-state index is 0.185. The van der Waals surface area contributed by atoms with E-state index in [1.165, 1.54) is 11.3 Å². The summed E-state index contributed by atoms with van der Waals surface area (Å²) in [6, 6.07) is 2.35. The summed E-state index contributed by atoms with van der Waals surface area (Å²) in [6.45, 7) is 13.1. The van der Waals surface area contributed by atoms with Gasteiger partial charge in [0.25, 0.3) is 5.56 Å². The number of nitrogens with one attached hydrogen (secondary N) is 1. The average molecular weight is 277 g/mol. The van der Waals surface area contributed by atoms with E-state index in [0.717, 1.165) is 38.2 Å². The van der Waals surface area contributed by atoms with Crippen molar-refractivity contribution in [1.82, 2.24) is 14.8 Å². The van der Waals surface area contributed by atoms with Gasteiger partial charge in [-0.3, -0.25) is 9.69 Å². The van der Waals surface area contributed by atoms with Gasteiger partial charge in [0.05, 0.1) is 0 Å². The fraction of sp³-hybridized carbons (Fsp3) is 0.688. The van der Waals surface area contributed by atoms with Crippen LogP contribution in [0.4, 0.5) is 0 Å². The van der Waals surface area contributed by atoms with Gasteiger partial charge in [0, 0.05) is 43.4 Å². The van der Waals surface area contributed by atoms with Crippen molar-refractivity contribution in [3.63, 3.8) is 0 Å². The molecule has 0 radical (unpaired) electrons. The van der Waals surface area contributed by atoms with Crippen LogP contribution < -0.4 is 10.9 Å². The number of likely N-dealkylation sites (N-methyl/N-ethyl adjacent to an activating group) is 1. The Bertz CT molecular complexity index is 519. The quantitative estimate of drug-likeness (QED) is 0.893. The summed E-state index contributed by atoms with van der Waals surface area (Å²) in [6.07, 6.45) is 0.984. The van der Waals surface area contributed by atoms with Gasteiger partial charge in [-0.2, -0.15) is 0 Å². The fourth-order valence-corrected chi connectivity index (χ4v) is 2.99. The van der Waals surface area contributed by atoms with E-state index >= 15 is 0 Å². The van der Waals surface area contributed by atoms with Crippen molar-refractivity contribution in [2.75, 3.05) is 19.6 Å². The molecule has 4 nitrogen and oxygen atoms in total. The molecule has 1 N–H and O–H groups in total. The van der Waals surface area contributed by atoms with E-state index in [0.29, 0.717) is 6.54 Å². The first kappa shape index (κ1) is 15.3. The van der Waals surface area contributed by atoms with Crippen molar-refractivity contribution in [2.45, 2.75) is 53.2 Å². The fourth-order valence-electron chi connectivity index (χ4n) is 2.99. The van der Waals surface area contributed by atoms with E-state index < -0.39 is 0 Å². The molecule has 4 heteroatoms. The summed E-state index contributed by atoms with van der Waals surface area (Å²) in [5.74, 6) is 0. The van der Waals surface area contributed by atoms with Gasteiger partial charge in [0.1, 0.15) is 0 Å². The Morgan fingerprint density at radius 3 is 2.70 bits per heavy atom. The van der Waals surface area contributed by atoms with Crippen molar-refractivity contribution < 1.29 is 0 Å². The van der Waals surface area contributed by atoms with Crippen molar-refractivity contribution in [3.05, 3.63) is 33.2 Å². The smallest absolute Gasteiger partial charge is 0.255 e. The molecule has 0 aliphatic carbocycles. The molecule has 0 atom stereocenters. The summed E-state index contributed by atoms with van der Waals surface area (Å²) in [7, 11) is 0. The first-order valence-corrected chi connectivity index (χ1v) is 7.77. The molecule has 0 unspecified atom stereocenters. The predicted molar refractivity (Wildman–Crippen MR) is 83.1 cm³/mol. The van der Waals surface area contributed by atoms with Gasteiger partial charge in [0.2, 0.25) is 0 Å². The summed E-state index contributed by atoms with van der Waals surface area (Å²) in [5.41, 5.74) is 3.66. The largest absolute Gasteiger partial charge is 0.313 e. The van der Waals surface area contributed by atoms with Gasteiger partial charge < -0.3 is 9.88 Å². The average Bonchev–Trinajstić information content (AvgIpc) is 2.44. The van der Waals surface area contributed by atoms with E-state index in [-0.39, 0.29) is 11.6 Å². The van der Waals surface area contributed by atoms with Gasteiger partial charge in [-0.05, 0) is 38.6 Å². The van der Waals surface area contributed by atoms with Gasteiger partial charge in [-0.1, -0.05) is 13.8 Å². The van der Waals surface area contributed by atoms with Gasteiger partial charge in [-0.25, -0.2) is 0 Å². The van der Waals surface area contributed by atoms with E-state index in [1.807, 2.05) is 4.57 Å². The second-order valence-corrected chi connectivity index (χ2v) is 5.81. The van der Waals surface area contributed by atoms with Gasteiger partial charge in [-0.15, -0.1) is 0 Å². The number of pyridine rings is 1. The maximum Gasteiger partial charge on any atom is 0.255 e. The van der Waals surface area contributed by atoms with E-state index in [1.54, 1.807) is 0 Å². The highest BCUT2D eigenvalue weighted by Crippen LogP contribution is 2.21. The lowest BCUT2D eigenvalue weighted by atomic mass is 10.0. The van der Waals surface area contributed by atoms with E-state index in [9.17, 15) is 4.79 Å². The molecule has 1 aromatic heterocycles. The molecule has 0 aromatic carbocycles. The van der Waals surface area contributed by atoms with Crippen LogP contribution in [0, 0.1) is 0 Å². The number of rotatable bonds is 5. The Morgan fingerprint density at radius 2 is 2.10 bits per heavy atom. The highest BCUT2D eigenvalue weighted by Gasteiger charge is 2.21. The first-order chi connectivity index (χ1) is 9.58. The molecule has 2 rings (SSSR count). The Morgan fingerprint density at radius 1 is 1.35 bits per heavy atom. The van der Waals surface area contributed by atoms with Crippen molar-refractivity contribution in [2.24, 2.45) is 0 Å². The van der Waals surface area contributed by atoms with Crippen LogP contribution in [0.25, 0.3) is 0 Å². The number of nitrogens with zero attached hydrogens (tertiary/aromatic N) is 2. The number of hydrogen-bond acceptors (Lipinski definition) is 3. The van der Waals surface area contributed by atoms with Gasteiger partial charge in [0.15, 0.2) is 0 Å². The minimum Gasteiger partial charge on any atom is -0.313 e. The Labute approximate surface area is 121 Å². The van der Waals surface area contributed by atoms with Crippen molar-refractivity contribution >= 4 is 0 Å². The van der Waals surface area contributed by atoms with Crippen LogP contribution in [-0.4, -0.2) is 29.1 Å². The third kappa shape index (κ3) is 2.96. The summed E-state index contributed by atoms with van der Waals surface area (Å²) >= 11 is 0. The van der Waals surface area contributed by atoms with Crippen molar-refractivity contribution in [3.8, 4) is 0 Å². The van der Waals surface area contributed by atoms with Crippen LogP contribution in [0.5, 0.6) is 0 Å². The standard InChI is InChI=1S/C16H27N3O/c1-5-17-10-13-9-14-11-18(6-2)8-7-15(14)19(12(3)4)16(13)20/h9,12,17H,5-8,10-11H2,1-4H3. The molecule has 0 amide bonds. The molecule has 1 aliphatic heterocycles. The molecule has 0 saturated carbocycles. The topological polar surface area (TPSA) is 37.3 Å². The normalized spacial score (nSPS) is 15.7. The molecule has 1 aromatic rings. The van der Waals surface area contributed by atoms with Crippen LogP contribution in [0.15, 0.2) is 10.9 Å². The lowest BCUT2D eigenvalue weighted by Crippen LogP contribution is -2.38. The predicted octanol–water partition coefficient (Wildman–Crippen LogP) is 1.92. The van der Waals surface area contributed by atoms with Crippen LogP contribution >= 0.6 is 0 Å². The van der Waals surface area contributed by atoms with Crippen LogP contribution in [0.1, 0.15) is 50.6 Å². The number of fused-ring (bicyclic) bond motifs is 1. The highest BCUT2D eigenvalue weighted by molar-refractivity contribution is 5.29. The maximum atomic E-state index is 12.6. The Hall–Kier alpha value is -1.13. The molecule has 0 fully saturated rings. The van der Waals surface area contributed by atoms with E-state index in [2.05, 4.69) is 44.0 Å². The molecule has 0 bridgehead atoms. The zero-order valence-corrected chi connectivity index (χ0v) is 13.2. The second-order valence-electron chi connectivity index (χ2n) is 5.81. The zero-order chi connectivity index (χ0) is 14.7. The van der Waals surface area contributed by atoms with E-state index in [4.69, 9.17) is 0 Å². The maximum absolute atomic E-state index is 12.6. The highest BCUT2D eigenvalue weighted by atomic mass is 16.1. The molecule has 0 saturated heterocycles. The lowest BCUT2D eigenvalue weighted by molar-refractivity contribution is 0.260. The zero-order valence-electron chi connectivity index (χ0n) is 13.2. The SMILES string of the molecule is CCNCc1cc2c(n(C(C)C)c1=O)CCN(CC)C2. The second kappa shape index (κ2) is 6.55. The summed E-state index contributed by atoms with van der Waals surface area (Å²) < 4.78 is 2.01. The van der Waals surface area contributed by atoms with Crippen molar-refractivity contribution in [1.29, 1.82) is 0 Å². The third-order valence-electron chi connectivity index (χ3n) is 4.09. The first-order valence-electron chi connectivity index (χ1n) is 7.77. The molecule has 112 valence electrons. The minimum atomic E-state index is 0.185. The molecule has 2 heterocycles.